The molecule has 10 rings (SSSR count). The molecule has 248 valence electrons. The van der Waals surface area contributed by atoms with Gasteiger partial charge in [-0.3, -0.25) is 0 Å². The molecule has 53 heavy (non-hydrogen) atoms. The number of pyridine rings is 1. The maximum Gasteiger partial charge on any atom is 0.164 e. The molecular weight excluding hydrogens is 669 g/mol. The van der Waals surface area contributed by atoms with E-state index in [1.165, 1.54) is 17.3 Å². The molecule has 10 aromatic rings. The maximum absolute atomic E-state index is 5.14. The van der Waals surface area contributed by atoms with E-state index in [0.29, 0.717) is 17.5 Å². The van der Waals surface area contributed by atoms with E-state index in [9.17, 15) is 0 Å². The second-order valence-electron chi connectivity index (χ2n) is 12.9. The molecule has 7 heteroatoms. The Hall–Kier alpha value is -6.96. The number of rotatable bonds is 6. The van der Waals surface area contributed by atoms with Gasteiger partial charge in [0.1, 0.15) is 11.0 Å². The van der Waals surface area contributed by atoms with Gasteiger partial charge in [-0.1, -0.05) is 146 Å². The molecule has 0 aliphatic rings. The maximum atomic E-state index is 5.14. The number of para-hydroxylation sites is 1. The van der Waals surface area contributed by atoms with Crippen LogP contribution in [-0.2, 0) is 0 Å². The molecule has 0 spiro atoms. The van der Waals surface area contributed by atoms with Gasteiger partial charge in [-0.15, -0.1) is 0 Å². The summed E-state index contributed by atoms with van der Waals surface area (Å²) in [6.07, 6.45) is 0. The standard InChI is InChI=1S/C46H28N6S/c1-3-10-29(11-4-1)30-20-24-34(25-21-30)45-48-44(33-12-5-2-6-13-33)49-46(50-45)36-15-9-14-35(28-36)31-18-22-32(23-19-31)42-38-26-27-40-43(52-53-51-40)41(38)37-16-7-8-17-39(37)47-42/h1-28H. The first kappa shape index (κ1) is 30.8. The second kappa shape index (κ2) is 13.0. The Labute approximate surface area is 309 Å². The highest BCUT2D eigenvalue weighted by Crippen LogP contribution is 2.37. The van der Waals surface area contributed by atoms with Crippen LogP contribution in [0.1, 0.15) is 0 Å². The number of aromatic nitrogens is 6. The molecule has 0 unspecified atom stereocenters. The van der Waals surface area contributed by atoms with E-state index in [1.54, 1.807) is 0 Å². The molecule has 0 aliphatic heterocycles. The van der Waals surface area contributed by atoms with Crippen molar-refractivity contribution in [2.24, 2.45) is 0 Å². The minimum atomic E-state index is 0.620. The van der Waals surface area contributed by atoms with Crippen LogP contribution in [0, 0.1) is 0 Å². The predicted molar refractivity (Wildman–Crippen MR) is 216 cm³/mol. The van der Waals surface area contributed by atoms with E-state index in [4.69, 9.17) is 19.9 Å². The number of fused-ring (bicyclic) bond motifs is 5. The van der Waals surface area contributed by atoms with Crippen molar-refractivity contribution in [3.8, 4) is 67.7 Å². The summed E-state index contributed by atoms with van der Waals surface area (Å²) in [5, 5.41) is 3.24. The third kappa shape index (κ3) is 5.69. The van der Waals surface area contributed by atoms with E-state index >= 15 is 0 Å². The van der Waals surface area contributed by atoms with Crippen molar-refractivity contribution in [1.82, 2.24) is 28.7 Å². The zero-order valence-electron chi connectivity index (χ0n) is 28.3. The van der Waals surface area contributed by atoms with Gasteiger partial charge in [0.2, 0.25) is 0 Å². The zero-order valence-corrected chi connectivity index (χ0v) is 29.1. The van der Waals surface area contributed by atoms with Crippen LogP contribution in [0.4, 0.5) is 0 Å². The largest absolute Gasteiger partial charge is 0.247 e. The lowest BCUT2D eigenvalue weighted by Gasteiger charge is -2.12. The Morgan fingerprint density at radius 1 is 0.321 bits per heavy atom. The Bertz CT molecular complexity index is 2930. The highest BCUT2D eigenvalue weighted by Gasteiger charge is 2.16. The predicted octanol–water partition coefficient (Wildman–Crippen LogP) is 11.6. The highest BCUT2D eigenvalue weighted by molar-refractivity contribution is 7.00. The first-order valence-electron chi connectivity index (χ1n) is 17.4. The normalized spacial score (nSPS) is 11.4. The van der Waals surface area contributed by atoms with Crippen LogP contribution in [0.2, 0.25) is 0 Å². The molecule has 0 bridgehead atoms. The summed E-state index contributed by atoms with van der Waals surface area (Å²) < 4.78 is 9.17. The van der Waals surface area contributed by atoms with Crippen molar-refractivity contribution >= 4 is 44.4 Å². The average Bonchev–Trinajstić information content (AvgIpc) is 3.73. The van der Waals surface area contributed by atoms with E-state index < -0.39 is 0 Å². The average molecular weight is 697 g/mol. The quantitative estimate of drug-likeness (QED) is 0.161. The highest BCUT2D eigenvalue weighted by atomic mass is 32.1. The molecule has 0 N–H and O–H groups in total. The van der Waals surface area contributed by atoms with E-state index in [0.717, 1.165) is 77.3 Å². The van der Waals surface area contributed by atoms with Crippen LogP contribution in [0.15, 0.2) is 170 Å². The van der Waals surface area contributed by atoms with Gasteiger partial charge in [-0.05, 0) is 46.5 Å². The van der Waals surface area contributed by atoms with Crippen molar-refractivity contribution in [3.63, 3.8) is 0 Å². The lowest BCUT2D eigenvalue weighted by Crippen LogP contribution is -2.00. The molecule has 0 saturated carbocycles. The van der Waals surface area contributed by atoms with Crippen LogP contribution >= 0.6 is 11.7 Å². The molecule has 6 nitrogen and oxygen atoms in total. The van der Waals surface area contributed by atoms with Crippen LogP contribution in [0.3, 0.4) is 0 Å². The molecule has 7 aromatic carbocycles. The minimum Gasteiger partial charge on any atom is -0.247 e. The fourth-order valence-corrected chi connectivity index (χ4v) is 7.50. The third-order valence-electron chi connectivity index (χ3n) is 9.62. The van der Waals surface area contributed by atoms with Crippen LogP contribution in [-0.4, -0.2) is 28.7 Å². The summed E-state index contributed by atoms with van der Waals surface area (Å²) in [6, 6.07) is 58.2. The summed E-state index contributed by atoms with van der Waals surface area (Å²) in [5.41, 5.74) is 12.0. The molecule has 0 fully saturated rings. The van der Waals surface area contributed by atoms with Gasteiger partial charge in [0.15, 0.2) is 17.5 Å². The molecule has 3 aromatic heterocycles. The monoisotopic (exact) mass is 696 g/mol. The fourth-order valence-electron chi connectivity index (χ4n) is 6.96. The van der Waals surface area contributed by atoms with Crippen molar-refractivity contribution in [1.29, 1.82) is 0 Å². The van der Waals surface area contributed by atoms with Gasteiger partial charge >= 0.3 is 0 Å². The van der Waals surface area contributed by atoms with Crippen molar-refractivity contribution in [3.05, 3.63) is 170 Å². The Balaban J connectivity index is 1.03. The number of benzene rings is 7. The molecule has 0 saturated heterocycles. The summed E-state index contributed by atoms with van der Waals surface area (Å²) in [7, 11) is 0. The third-order valence-corrected chi connectivity index (χ3v) is 10.2. The Kier molecular flexibility index (Phi) is 7.55. The molecule has 0 radical (unpaired) electrons. The molecule has 0 atom stereocenters. The minimum absolute atomic E-state index is 0.620. The van der Waals surface area contributed by atoms with Crippen LogP contribution in [0.5, 0.6) is 0 Å². The topological polar surface area (TPSA) is 77.3 Å². The van der Waals surface area contributed by atoms with Gasteiger partial charge < -0.3 is 0 Å². The number of hydrogen-bond donors (Lipinski definition) is 0. The Morgan fingerprint density at radius 3 is 1.58 bits per heavy atom. The second-order valence-corrected chi connectivity index (χ2v) is 13.4. The summed E-state index contributed by atoms with van der Waals surface area (Å²) in [6.45, 7) is 0. The van der Waals surface area contributed by atoms with E-state index in [-0.39, 0.29) is 0 Å². The summed E-state index contributed by atoms with van der Waals surface area (Å²) >= 11 is 1.24. The van der Waals surface area contributed by atoms with Gasteiger partial charge in [-0.25, -0.2) is 19.9 Å². The zero-order chi connectivity index (χ0) is 35.1. The van der Waals surface area contributed by atoms with Gasteiger partial charge in [0, 0.05) is 38.4 Å². The van der Waals surface area contributed by atoms with E-state index in [2.05, 4.69) is 124 Å². The first-order valence-corrected chi connectivity index (χ1v) is 18.1. The Morgan fingerprint density at radius 2 is 0.849 bits per heavy atom. The molecular formula is C46H28N6S. The SMILES string of the molecule is c1ccc(-c2ccc(-c3nc(-c4ccccc4)nc(-c4cccc(-c5ccc(-c6nc7ccccc7c7c6ccc6nsnc67)cc5)c4)n3)cc2)cc1. The van der Waals surface area contributed by atoms with Crippen molar-refractivity contribution in [2.45, 2.75) is 0 Å². The number of hydrogen-bond acceptors (Lipinski definition) is 7. The van der Waals surface area contributed by atoms with Crippen molar-refractivity contribution < 1.29 is 0 Å². The number of nitrogens with zero attached hydrogens (tertiary/aromatic N) is 6. The van der Waals surface area contributed by atoms with E-state index in [1.807, 2.05) is 54.6 Å². The fraction of sp³-hybridized carbons (Fsp3) is 0. The summed E-state index contributed by atoms with van der Waals surface area (Å²) in [5.74, 6) is 1.88. The summed E-state index contributed by atoms with van der Waals surface area (Å²) in [4.78, 5) is 20.1. The lowest BCUT2D eigenvalue weighted by molar-refractivity contribution is 1.07. The van der Waals surface area contributed by atoms with Crippen LogP contribution in [0.25, 0.3) is 100 Å². The lowest BCUT2D eigenvalue weighted by atomic mass is 9.97. The first-order chi connectivity index (χ1) is 26.2. The molecule has 0 aliphatic carbocycles. The van der Waals surface area contributed by atoms with Gasteiger partial charge in [0.05, 0.1) is 22.9 Å². The van der Waals surface area contributed by atoms with Crippen LogP contribution < -0.4 is 0 Å². The van der Waals surface area contributed by atoms with Crippen molar-refractivity contribution in [2.75, 3.05) is 0 Å². The molecule has 0 amide bonds. The van der Waals surface area contributed by atoms with Gasteiger partial charge in [0.25, 0.3) is 0 Å². The smallest absolute Gasteiger partial charge is 0.164 e. The van der Waals surface area contributed by atoms with Gasteiger partial charge in [-0.2, -0.15) is 8.75 Å². The molecule has 3 heterocycles.